The fourth-order valence-corrected chi connectivity index (χ4v) is 3.69. The number of aromatic nitrogens is 2. The zero-order valence-corrected chi connectivity index (χ0v) is 13.9. The van der Waals surface area contributed by atoms with Crippen LogP contribution in [0.2, 0.25) is 0 Å². The Morgan fingerprint density at radius 1 is 1.33 bits per heavy atom. The zero-order valence-electron chi connectivity index (χ0n) is 13.1. The molecule has 6 heteroatoms. The predicted molar refractivity (Wildman–Crippen MR) is 91.6 cm³/mol. The van der Waals surface area contributed by atoms with Crippen molar-refractivity contribution in [1.29, 1.82) is 0 Å². The second kappa shape index (κ2) is 6.57. The largest absolute Gasteiger partial charge is 0.349 e. The molecule has 1 aromatic carbocycles. The molecule has 0 spiro atoms. The molecular formula is C18H17N3O2S. The highest BCUT2D eigenvalue weighted by atomic mass is 32.1. The van der Waals surface area contributed by atoms with Crippen molar-refractivity contribution in [1.82, 2.24) is 15.5 Å². The maximum absolute atomic E-state index is 12.2. The van der Waals surface area contributed by atoms with E-state index in [9.17, 15) is 4.79 Å². The van der Waals surface area contributed by atoms with Crippen molar-refractivity contribution in [2.75, 3.05) is 0 Å². The lowest BCUT2D eigenvalue weighted by atomic mass is 10.1. The molecule has 2 heterocycles. The Morgan fingerprint density at radius 3 is 3.12 bits per heavy atom. The molecule has 1 amide bonds. The van der Waals surface area contributed by atoms with Crippen LogP contribution in [0.15, 0.2) is 45.6 Å². The topological polar surface area (TPSA) is 68.0 Å². The van der Waals surface area contributed by atoms with E-state index < -0.39 is 0 Å². The molecule has 1 aliphatic carbocycles. The van der Waals surface area contributed by atoms with Crippen molar-refractivity contribution in [3.8, 4) is 11.4 Å². The number of hydrogen-bond acceptors (Lipinski definition) is 5. The lowest BCUT2D eigenvalue weighted by Gasteiger charge is -2.13. The second-order valence-corrected chi connectivity index (χ2v) is 6.66. The van der Waals surface area contributed by atoms with E-state index >= 15 is 0 Å². The molecule has 122 valence electrons. The number of aryl methyl sites for hydroxylation is 2. The monoisotopic (exact) mass is 339 g/mol. The fraction of sp³-hybridized carbons (Fsp3) is 0.278. The molecule has 1 unspecified atom stereocenters. The number of nitrogens with zero attached hydrogens (tertiary/aromatic N) is 2. The summed E-state index contributed by atoms with van der Waals surface area (Å²) in [7, 11) is 0. The van der Waals surface area contributed by atoms with Crippen LogP contribution in [0.3, 0.4) is 0 Å². The third kappa shape index (κ3) is 3.10. The van der Waals surface area contributed by atoms with Crippen LogP contribution in [0.4, 0.5) is 0 Å². The Morgan fingerprint density at radius 2 is 2.25 bits per heavy atom. The third-order valence-electron chi connectivity index (χ3n) is 4.28. The Balaban J connectivity index is 1.33. The number of nitrogens with one attached hydrogen (secondary N) is 1. The average molecular weight is 339 g/mol. The molecule has 1 atom stereocenters. The highest BCUT2D eigenvalue weighted by molar-refractivity contribution is 7.08. The third-order valence-corrected chi connectivity index (χ3v) is 4.96. The molecular weight excluding hydrogens is 322 g/mol. The van der Waals surface area contributed by atoms with Crippen LogP contribution in [-0.4, -0.2) is 16.0 Å². The SMILES string of the molecule is O=C(CCc1nc(-c2ccsc2)no1)NC1CCc2ccccc21. The minimum Gasteiger partial charge on any atom is -0.349 e. The lowest BCUT2D eigenvalue weighted by Crippen LogP contribution is -2.27. The van der Waals surface area contributed by atoms with E-state index in [-0.39, 0.29) is 11.9 Å². The summed E-state index contributed by atoms with van der Waals surface area (Å²) in [5, 5.41) is 11.0. The average Bonchev–Trinajstić information content (AvgIpc) is 3.34. The summed E-state index contributed by atoms with van der Waals surface area (Å²) in [6, 6.07) is 10.4. The Kier molecular flexibility index (Phi) is 4.13. The second-order valence-electron chi connectivity index (χ2n) is 5.88. The van der Waals surface area contributed by atoms with Crippen molar-refractivity contribution < 1.29 is 9.32 Å². The van der Waals surface area contributed by atoms with Gasteiger partial charge >= 0.3 is 0 Å². The molecule has 0 radical (unpaired) electrons. The van der Waals surface area contributed by atoms with Gasteiger partial charge in [-0.25, -0.2) is 0 Å². The van der Waals surface area contributed by atoms with Gasteiger partial charge in [0, 0.05) is 23.8 Å². The standard InChI is InChI=1S/C18H17N3O2S/c22-16(19-15-6-5-12-3-1-2-4-14(12)15)7-8-17-20-18(21-23-17)13-9-10-24-11-13/h1-4,9-11,15H,5-8H2,(H,19,22). The number of benzene rings is 1. The van der Waals surface area contributed by atoms with Crippen LogP contribution in [0.25, 0.3) is 11.4 Å². The van der Waals surface area contributed by atoms with Crippen LogP contribution < -0.4 is 5.32 Å². The number of amides is 1. The molecule has 5 nitrogen and oxygen atoms in total. The van der Waals surface area contributed by atoms with Crippen molar-refractivity contribution in [2.24, 2.45) is 0 Å². The van der Waals surface area contributed by atoms with E-state index in [1.54, 1.807) is 11.3 Å². The first-order valence-electron chi connectivity index (χ1n) is 8.02. The van der Waals surface area contributed by atoms with Gasteiger partial charge in [0.05, 0.1) is 6.04 Å². The van der Waals surface area contributed by atoms with Crippen molar-refractivity contribution in [3.05, 3.63) is 58.1 Å². The first-order chi connectivity index (χ1) is 11.8. The van der Waals surface area contributed by atoms with Gasteiger partial charge < -0.3 is 9.84 Å². The highest BCUT2D eigenvalue weighted by Gasteiger charge is 2.23. The molecule has 4 rings (SSSR count). The number of carbonyl (C=O) groups excluding carboxylic acids is 1. The molecule has 0 bridgehead atoms. The first kappa shape index (κ1) is 15.1. The van der Waals surface area contributed by atoms with Gasteiger partial charge in [0.15, 0.2) is 0 Å². The number of thiophene rings is 1. The molecule has 0 saturated heterocycles. The van der Waals surface area contributed by atoms with E-state index in [4.69, 9.17) is 4.52 Å². The number of hydrogen-bond donors (Lipinski definition) is 1. The van der Waals surface area contributed by atoms with Gasteiger partial charge in [-0.05, 0) is 35.4 Å². The van der Waals surface area contributed by atoms with Gasteiger partial charge in [-0.3, -0.25) is 4.79 Å². The quantitative estimate of drug-likeness (QED) is 0.772. The van der Waals surface area contributed by atoms with Gasteiger partial charge in [0.2, 0.25) is 17.6 Å². The highest BCUT2D eigenvalue weighted by Crippen LogP contribution is 2.30. The maximum atomic E-state index is 12.2. The number of carbonyl (C=O) groups is 1. The van der Waals surface area contributed by atoms with Gasteiger partial charge in [-0.1, -0.05) is 29.4 Å². The van der Waals surface area contributed by atoms with Crippen molar-refractivity contribution in [2.45, 2.75) is 31.7 Å². The summed E-state index contributed by atoms with van der Waals surface area (Å²) >= 11 is 1.59. The van der Waals surface area contributed by atoms with Gasteiger partial charge in [0.25, 0.3) is 0 Å². The Hall–Kier alpha value is -2.47. The van der Waals surface area contributed by atoms with Crippen LogP contribution in [0, 0.1) is 0 Å². The normalized spacial score (nSPS) is 16.1. The summed E-state index contributed by atoms with van der Waals surface area (Å²) in [4.78, 5) is 16.6. The van der Waals surface area contributed by atoms with E-state index in [1.165, 1.54) is 11.1 Å². The minimum atomic E-state index is 0.0204. The summed E-state index contributed by atoms with van der Waals surface area (Å²) in [5.74, 6) is 1.10. The summed E-state index contributed by atoms with van der Waals surface area (Å²) in [5.41, 5.74) is 3.52. The Labute approximate surface area is 143 Å². The lowest BCUT2D eigenvalue weighted by molar-refractivity contribution is -0.121. The van der Waals surface area contributed by atoms with E-state index in [1.807, 2.05) is 29.0 Å². The van der Waals surface area contributed by atoms with Crippen LogP contribution in [0.1, 0.15) is 35.9 Å². The van der Waals surface area contributed by atoms with Gasteiger partial charge in [-0.15, -0.1) is 0 Å². The fourth-order valence-electron chi connectivity index (χ4n) is 3.06. The van der Waals surface area contributed by atoms with Crippen LogP contribution >= 0.6 is 11.3 Å². The Bertz CT molecular complexity index is 842. The van der Waals surface area contributed by atoms with Crippen molar-refractivity contribution >= 4 is 17.2 Å². The molecule has 24 heavy (non-hydrogen) atoms. The smallest absolute Gasteiger partial charge is 0.227 e. The summed E-state index contributed by atoms with van der Waals surface area (Å²) in [6.07, 6.45) is 2.80. The maximum Gasteiger partial charge on any atom is 0.227 e. The van der Waals surface area contributed by atoms with Crippen LogP contribution in [-0.2, 0) is 17.6 Å². The molecule has 1 N–H and O–H groups in total. The van der Waals surface area contributed by atoms with E-state index in [0.717, 1.165) is 18.4 Å². The number of fused-ring (bicyclic) bond motifs is 1. The summed E-state index contributed by atoms with van der Waals surface area (Å²) < 4.78 is 5.23. The molecule has 0 saturated carbocycles. The molecule has 0 fully saturated rings. The van der Waals surface area contributed by atoms with E-state index in [0.29, 0.717) is 24.6 Å². The number of rotatable bonds is 5. The van der Waals surface area contributed by atoms with Crippen molar-refractivity contribution in [3.63, 3.8) is 0 Å². The first-order valence-corrected chi connectivity index (χ1v) is 8.96. The molecule has 1 aliphatic rings. The van der Waals surface area contributed by atoms with E-state index in [2.05, 4.69) is 27.6 Å². The minimum absolute atomic E-state index is 0.0204. The van der Waals surface area contributed by atoms with Gasteiger partial charge in [0.1, 0.15) is 0 Å². The molecule has 0 aliphatic heterocycles. The van der Waals surface area contributed by atoms with Gasteiger partial charge in [-0.2, -0.15) is 16.3 Å². The summed E-state index contributed by atoms with van der Waals surface area (Å²) in [6.45, 7) is 0. The van der Waals surface area contributed by atoms with Crippen LogP contribution in [0.5, 0.6) is 0 Å². The molecule has 2 aromatic heterocycles. The molecule has 3 aromatic rings. The predicted octanol–water partition coefficient (Wildman–Crippen LogP) is 3.53. The zero-order chi connectivity index (χ0) is 16.4.